The molecule has 0 bridgehead atoms. The molecule has 4 unspecified atom stereocenters. The molecule has 0 radical (unpaired) electrons. The van der Waals surface area contributed by atoms with Crippen LogP contribution in [0.3, 0.4) is 0 Å². The van der Waals surface area contributed by atoms with Crippen LogP contribution in [0.25, 0.3) is 0 Å². The van der Waals surface area contributed by atoms with Gasteiger partial charge in [-0.3, -0.25) is 0 Å². The first-order valence-electron chi connectivity index (χ1n) is 24.5. The Morgan fingerprint density at radius 2 is 0.481 bits per heavy atom. The van der Waals surface area contributed by atoms with E-state index in [1.807, 2.05) is 55.4 Å². The normalized spacial score (nSPS) is 27.9. The molecule has 4 aliphatic carbocycles. The molecular weight excluding hydrogens is 625 g/mol. The molecule has 0 aromatic carbocycles. The zero-order valence-electron chi connectivity index (χ0n) is 41.8. The van der Waals surface area contributed by atoms with Crippen molar-refractivity contribution < 1.29 is 0 Å². The summed E-state index contributed by atoms with van der Waals surface area (Å²) < 4.78 is 0. The summed E-state index contributed by atoms with van der Waals surface area (Å²) >= 11 is 0. The van der Waals surface area contributed by atoms with E-state index in [9.17, 15) is 0 Å². The lowest BCUT2D eigenvalue weighted by molar-refractivity contribution is 0.226. The zero-order valence-corrected chi connectivity index (χ0v) is 41.8. The highest BCUT2D eigenvalue weighted by molar-refractivity contribution is 4.74. The van der Waals surface area contributed by atoms with Crippen LogP contribution in [-0.2, 0) is 0 Å². The molecule has 4 saturated carbocycles. The summed E-state index contributed by atoms with van der Waals surface area (Å²) in [4.78, 5) is 0. The Labute approximate surface area is 337 Å². The maximum absolute atomic E-state index is 2.40. The second kappa shape index (κ2) is 42.1. The molecule has 322 valence electrons. The van der Waals surface area contributed by atoms with E-state index in [1.54, 1.807) is 0 Å². The van der Waals surface area contributed by atoms with Gasteiger partial charge in [-0.25, -0.2) is 0 Å². The Hall–Kier alpha value is 0. The van der Waals surface area contributed by atoms with Crippen LogP contribution >= 0.6 is 0 Å². The number of rotatable bonds is 4. The third-order valence-electron chi connectivity index (χ3n) is 11.8. The van der Waals surface area contributed by atoms with Crippen LogP contribution in [0.4, 0.5) is 0 Å². The van der Waals surface area contributed by atoms with E-state index in [0.717, 1.165) is 76.9 Å². The second-order valence-electron chi connectivity index (χ2n) is 18.8. The highest BCUT2D eigenvalue weighted by atomic mass is 14.3. The summed E-state index contributed by atoms with van der Waals surface area (Å²) in [6, 6.07) is 0. The SMILES string of the molecule is CC.CC.CC.CC.CC(C)C.CC1CCC(C(C)C)CC1.CC1CCC(C(C)C)CC1.CC1CCCC(C(C)C)C1.CC1CCCC(C(C)C)C1. The smallest absolute Gasteiger partial charge is 0.0389 e. The van der Waals surface area contributed by atoms with Crippen LogP contribution in [0.2, 0.25) is 0 Å². The molecule has 0 amide bonds. The van der Waals surface area contributed by atoms with Crippen molar-refractivity contribution in [3.05, 3.63) is 0 Å². The van der Waals surface area contributed by atoms with Crippen molar-refractivity contribution in [2.45, 2.75) is 262 Å². The van der Waals surface area contributed by atoms with Gasteiger partial charge in [0.05, 0.1) is 0 Å². The fourth-order valence-corrected chi connectivity index (χ4v) is 8.08. The third kappa shape index (κ3) is 38.3. The van der Waals surface area contributed by atoms with Crippen LogP contribution in [0, 0.1) is 76.9 Å². The molecule has 0 saturated heterocycles. The van der Waals surface area contributed by atoms with E-state index in [1.165, 1.54) is 103 Å². The van der Waals surface area contributed by atoms with Gasteiger partial charge in [0.2, 0.25) is 0 Å². The van der Waals surface area contributed by atoms with Crippen molar-refractivity contribution in [2.75, 3.05) is 0 Å². The van der Waals surface area contributed by atoms with Gasteiger partial charge in [0, 0.05) is 0 Å². The molecule has 0 heterocycles. The molecule has 4 rings (SSSR count). The van der Waals surface area contributed by atoms with Gasteiger partial charge in [0.25, 0.3) is 0 Å². The predicted molar refractivity (Wildman–Crippen MR) is 250 cm³/mol. The lowest BCUT2D eigenvalue weighted by atomic mass is 9.77. The summed E-state index contributed by atoms with van der Waals surface area (Å²) in [5.41, 5.74) is 0. The molecule has 52 heavy (non-hydrogen) atoms. The first-order valence-corrected chi connectivity index (χ1v) is 24.5. The molecular formula is C52H114. The highest BCUT2D eigenvalue weighted by Gasteiger charge is 2.23. The zero-order chi connectivity index (χ0) is 41.8. The van der Waals surface area contributed by atoms with Crippen molar-refractivity contribution in [2.24, 2.45) is 76.9 Å². The third-order valence-corrected chi connectivity index (χ3v) is 11.8. The second-order valence-corrected chi connectivity index (χ2v) is 18.8. The summed E-state index contributed by atoms with van der Waals surface area (Å²) in [5, 5.41) is 0. The predicted octanol–water partition coefficient (Wildman–Crippen LogP) is 19.6. The Balaban J connectivity index is -0.000000172. The lowest BCUT2D eigenvalue weighted by Gasteiger charge is -2.29. The van der Waals surface area contributed by atoms with Crippen LogP contribution in [-0.4, -0.2) is 0 Å². The molecule has 0 spiro atoms. The minimum absolute atomic E-state index is 0.833. The molecule has 0 N–H and O–H groups in total. The maximum Gasteiger partial charge on any atom is -0.0389 e. The molecule has 0 nitrogen and oxygen atoms in total. The molecule has 4 aliphatic rings. The average Bonchev–Trinajstić information content (AvgIpc) is 3.13. The van der Waals surface area contributed by atoms with Crippen molar-refractivity contribution in [1.29, 1.82) is 0 Å². The Bertz CT molecular complexity index is 555. The van der Waals surface area contributed by atoms with Gasteiger partial charge in [0.15, 0.2) is 0 Å². The van der Waals surface area contributed by atoms with Crippen LogP contribution in [0.15, 0.2) is 0 Å². The van der Waals surface area contributed by atoms with E-state index < -0.39 is 0 Å². The minimum Gasteiger partial charge on any atom is -0.0683 e. The van der Waals surface area contributed by atoms with E-state index in [-0.39, 0.29) is 0 Å². The fourth-order valence-electron chi connectivity index (χ4n) is 8.08. The summed E-state index contributed by atoms with van der Waals surface area (Å²) in [7, 11) is 0. The van der Waals surface area contributed by atoms with E-state index >= 15 is 0 Å². The molecule has 0 heteroatoms. The van der Waals surface area contributed by atoms with E-state index in [2.05, 4.69) is 104 Å². The van der Waals surface area contributed by atoms with Gasteiger partial charge < -0.3 is 0 Å². The Morgan fingerprint density at radius 1 is 0.269 bits per heavy atom. The lowest BCUT2D eigenvalue weighted by Crippen LogP contribution is -2.17. The molecule has 4 fully saturated rings. The van der Waals surface area contributed by atoms with Crippen molar-refractivity contribution in [3.63, 3.8) is 0 Å². The van der Waals surface area contributed by atoms with Crippen molar-refractivity contribution in [1.82, 2.24) is 0 Å². The van der Waals surface area contributed by atoms with Gasteiger partial charge in [-0.2, -0.15) is 0 Å². The van der Waals surface area contributed by atoms with Gasteiger partial charge in [-0.15, -0.1) is 0 Å². The first kappa shape index (κ1) is 61.2. The quantitative estimate of drug-likeness (QED) is 0.269. The fraction of sp³-hybridized carbons (Fsp3) is 1.00. The number of hydrogen-bond donors (Lipinski definition) is 0. The first-order chi connectivity index (χ1) is 24.5. The summed E-state index contributed by atoms with van der Waals surface area (Å²) in [6.45, 7) is 51.0. The van der Waals surface area contributed by atoms with E-state index in [0.29, 0.717) is 0 Å². The number of hydrogen-bond acceptors (Lipinski definition) is 0. The monoisotopic (exact) mass is 739 g/mol. The molecule has 0 aliphatic heterocycles. The van der Waals surface area contributed by atoms with Crippen LogP contribution < -0.4 is 0 Å². The molecule has 0 aromatic rings. The molecule has 0 aromatic heterocycles. The highest BCUT2D eigenvalue weighted by Crippen LogP contribution is 2.35. The Morgan fingerprint density at radius 3 is 0.635 bits per heavy atom. The van der Waals surface area contributed by atoms with Gasteiger partial charge in [0.1, 0.15) is 0 Å². The van der Waals surface area contributed by atoms with Gasteiger partial charge in [-0.1, -0.05) is 223 Å². The standard InChI is InChI=1S/4C10H20.C4H10.4C2H6/c2*1-8(2)10-6-4-9(3)5-7-10;2*1-8(2)10-6-4-5-9(3)7-10;1-4(2)3;4*1-2/h4*8-10H,4-7H2,1-3H3;4H,1-3H3;4*1-2H3. The van der Waals surface area contributed by atoms with Crippen molar-refractivity contribution >= 4 is 0 Å². The van der Waals surface area contributed by atoms with Gasteiger partial charge >= 0.3 is 0 Å². The topological polar surface area (TPSA) is 0 Å². The summed E-state index contributed by atoms with van der Waals surface area (Å²) in [5.74, 6) is 12.7. The van der Waals surface area contributed by atoms with Crippen LogP contribution in [0.5, 0.6) is 0 Å². The molecule has 4 atom stereocenters. The summed E-state index contributed by atoms with van der Waals surface area (Å²) in [6.07, 6.45) is 23.7. The Kier molecular flexibility index (Phi) is 49.6. The maximum atomic E-state index is 2.40. The average molecular weight is 739 g/mol. The van der Waals surface area contributed by atoms with Crippen LogP contribution in [0.1, 0.15) is 262 Å². The van der Waals surface area contributed by atoms with Gasteiger partial charge in [-0.05, 0) is 115 Å². The minimum atomic E-state index is 0.833. The van der Waals surface area contributed by atoms with E-state index in [4.69, 9.17) is 0 Å². The largest absolute Gasteiger partial charge is 0.0683 e. The van der Waals surface area contributed by atoms with Crippen molar-refractivity contribution in [3.8, 4) is 0 Å².